The number of carbonyl (C=O) groups excluding carboxylic acids is 3. The van der Waals surface area contributed by atoms with E-state index < -0.39 is 0 Å². The van der Waals surface area contributed by atoms with E-state index in [1.807, 2.05) is 93.6 Å². The fraction of sp³-hybridized carbons (Fsp3) is 0.357. The quantitative estimate of drug-likeness (QED) is 0.170. The molecule has 0 fully saturated rings. The van der Waals surface area contributed by atoms with Crippen LogP contribution in [0.2, 0.25) is 0 Å². The summed E-state index contributed by atoms with van der Waals surface area (Å²) in [6.45, 7) is 6.84. The van der Waals surface area contributed by atoms with Crippen molar-refractivity contribution in [2.75, 3.05) is 19.8 Å². The monoisotopic (exact) mass is 648 g/mol. The molecule has 0 radical (unpaired) electrons. The van der Waals surface area contributed by atoms with Gasteiger partial charge in [0.25, 0.3) is 0 Å². The van der Waals surface area contributed by atoms with Gasteiger partial charge in [0.05, 0.1) is 19.8 Å². The Hall–Kier alpha value is -4.71. The van der Waals surface area contributed by atoms with Gasteiger partial charge in [-0.15, -0.1) is 0 Å². The summed E-state index contributed by atoms with van der Waals surface area (Å²) in [6.07, 6.45) is 12.0. The Balaban J connectivity index is 0.000000163. The van der Waals surface area contributed by atoms with Crippen LogP contribution in [-0.2, 0) is 28.6 Å². The van der Waals surface area contributed by atoms with Gasteiger partial charge < -0.3 is 14.2 Å². The Labute approximate surface area is 285 Å². The van der Waals surface area contributed by atoms with E-state index in [0.29, 0.717) is 19.8 Å². The third kappa shape index (κ3) is 9.90. The summed E-state index contributed by atoms with van der Waals surface area (Å²) in [5, 5.41) is 0. The molecule has 3 aliphatic carbocycles. The predicted octanol–water partition coefficient (Wildman–Crippen LogP) is 9.16. The standard InChI is InChI=1S/3C14H16O2/c3*1-2-16-14(15)13-10-6-9-12(13)11-7-4-3-5-8-11/h3*3-5,7-8,10,12H,2,6,9H2,1H3/t2*12-;/m10./s1. The number of benzene rings is 3. The molecule has 0 saturated carbocycles. The molecule has 6 nitrogen and oxygen atoms in total. The Morgan fingerprint density at radius 2 is 0.708 bits per heavy atom. The lowest BCUT2D eigenvalue weighted by Gasteiger charge is -2.14. The van der Waals surface area contributed by atoms with Gasteiger partial charge in [0.2, 0.25) is 0 Å². The Bertz CT molecular complexity index is 1370. The summed E-state index contributed by atoms with van der Waals surface area (Å²) in [7, 11) is 0. The maximum Gasteiger partial charge on any atom is 0.334 e. The number of esters is 3. The summed E-state index contributed by atoms with van der Waals surface area (Å²) in [5.74, 6) is 0.192. The third-order valence-corrected chi connectivity index (χ3v) is 8.72. The Morgan fingerprint density at radius 1 is 0.458 bits per heavy atom. The molecule has 1 unspecified atom stereocenters. The molecule has 0 spiro atoms. The number of allylic oxidation sites excluding steroid dienone is 3. The average molecular weight is 649 g/mol. The molecule has 0 heterocycles. The van der Waals surface area contributed by atoms with Crippen LogP contribution in [-0.4, -0.2) is 37.7 Å². The zero-order valence-corrected chi connectivity index (χ0v) is 28.4. The highest BCUT2D eigenvalue weighted by Gasteiger charge is 2.29. The van der Waals surface area contributed by atoms with E-state index >= 15 is 0 Å². The molecule has 48 heavy (non-hydrogen) atoms. The van der Waals surface area contributed by atoms with Crippen LogP contribution >= 0.6 is 0 Å². The summed E-state index contributed by atoms with van der Waals surface area (Å²) < 4.78 is 15.2. The van der Waals surface area contributed by atoms with Crippen LogP contribution in [0.5, 0.6) is 0 Å². The SMILES string of the molecule is CCOC(=O)C1=CCCC1c1ccccc1.CCOC(=O)C1=CCC[C@@H]1c1ccccc1.CCOC(=O)C1=CCC[C@H]1c1ccccc1. The molecule has 0 bridgehead atoms. The lowest BCUT2D eigenvalue weighted by molar-refractivity contribution is -0.139. The largest absolute Gasteiger partial charge is 0.463 e. The van der Waals surface area contributed by atoms with Gasteiger partial charge in [-0.1, -0.05) is 109 Å². The summed E-state index contributed by atoms with van der Waals surface area (Å²) in [6, 6.07) is 30.5. The molecular formula is C42H48O6. The smallest absolute Gasteiger partial charge is 0.334 e. The fourth-order valence-corrected chi connectivity index (χ4v) is 6.52. The molecule has 3 atom stereocenters. The Morgan fingerprint density at radius 3 is 0.938 bits per heavy atom. The molecule has 3 aliphatic rings. The van der Waals surface area contributed by atoms with Crippen LogP contribution in [0.1, 0.15) is 93.7 Å². The minimum Gasteiger partial charge on any atom is -0.463 e. The van der Waals surface area contributed by atoms with Crippen LogP contribution in [0.4, 0.5) is 0 Å². The lowest BCUT2D eigenvalue weighted by atomic mass is 9.93. The first-order valence-corrected chi connectivity index (χ1v) is 17.2. The van der Waals surface area contributed by atoms with Crippen molar-refractivity contribution in [3.05, 3.63) is 143 Å². The van der Waals surface area contributed by atoms with Crippen LogP contribution in [0.25, 0.3) is 0 Å². The van der Waals surface area contributed by atoms with Gasteiger partial charge in [-0.25, -0.2) is 14.4 Å². The van der Waals surface area contributed by atoms with Crippen molar-refractivity contribution < 1.29 is 28.6 Å². The van der Waals surface area contributed by atoms with Gasteiger partial charge in [0, 0.05) is 34.5 Å². The second-order valence-corrected chi connectivity index (χ2v) is 11.8. The normalized spacial score (nSPS) is 19.3. The molecule has 6 heteroatoms. The molecule has 0 aromatic heterocycles. The Kier molecular flexibility index (Phi) is 14.4. The number of hydrogen-bond acceptors (Lipinski definition) is 6. The van der Waals surface area contributed by atoms with Crippen molar-refractivity contribution in [3.8, 4) is 0 Å². The highest BCUT2D eigenvalue weighted by Crippen LogP contribution is 2.37. The number of rotatable bonds is 9. The average Bonchev–Trinajstić information content (AvgIpc) is 3.92. The van der Waals surface area contributed by atoms with E-state index in [9.17, 15) is 14.4 Å². The van der Waals surface area contributed by atoms with E-state index in [-0.39, 0.29) is 35.7 Å². The minimum atomic E-state index is -0.158. The predicted molar refractivity (Wildman–Crippen MR) is 189 cm³/mol. The van der Waals surface area contributed by atoms with Gasteiger partial charge in [0.15, 0.2) is 0 Å². The zero-order chi connectivity index (χ0) is 34.1. The van der Waals surface area contributed by atoms with Gasteiger partial charge in [-0.3, -0.25) is 0 Å². The van der Waals surface area contributed by atoms with Gasteiger partial charge >= 0.3 is 17.9 Å². The minimum absolute atomic E-state index is 0.158. The van der Waals surface area contributed by atoms with E-state index in [0.717, 1.165) is 55.2 Å². The van der Waals surface area contributed by atoms with E-state index in [2.05, 4.69) is 36.4 Å². The number of carbonyl (C=O) groups is 3. The van der Waals surface area contributed by atoms with E-state index in [4.69, 9.17) is 14.2 Å². The van der Waals surface area contributed by atoms with Crippen LogP contribution in [0.3, 0.4) is 0 Å². The summed E-state index contributed by atoms with van der Waals surface area (Å²) >= 11 is 0. The lowest BCUT2D eigenvalue weighted by Crippen LogP contribution is -2.12. The maximum absolute atomic E-state index is 11.7. The highest BCUT2D eigenvalue weighted by molar-refractivity contribution is 5.92. The second-order valence-electron chi connectivity index (χ2n) is 11.8. The van der Waals surface area contributed by atoms with Crippen molar-refractivity contribution in [1.82, 2.24) is 0 Å². The van der Waals surface area contributed by atoms with E-state index in [1.54, 1.807) is 0 Å². The topological polar surface area (TPSA) is 78.9 Å². The number of ether oxygens (including phenoxy) is 3. The van der Waals surface area contributed by atoms with Gasteiger partial charge in [-0.2, -0.15) is 0 Å². The first-order chi connectivity index (χ1) is 23.5. The first kappa shape index (κ1) is 36.1. The molecule has 3 aromatic carbocycles. The third-order valence-electron chi connectivity index (χ3n) is 8.72. The summed E-state index contributed by atoms with van der Waals surface area (Å²) in [5.41, 5.74) is 6.10. The number of hydrogen-bond donors (Lipinski definition) is 0. The molecule has 0 saturated heterocycles. The molecule has 0 N–H and O–H groups in total. The zero-order valence-electron chi connectivity index (χ0n) is 28.4. The highest BCUT2D eigenvalue weighted by atomic mass is 16.5. The molecule has 252 valence electrons. The van der Waals surface area contributed by atoms with Gasteiger partial charge in [0.1, 0.15) is 0 Å². The van der Waals surface area contributed by atoms with Gasteiger partial charge in [-0.05, 0) is 76.0 Å². The molecule has 0 aliphatic heterocycles. The van der Waals surface area contributed by atoms with Crippen molar-refractivity contribution in [1.29, 1.82) is 0 Å². The maximum atomic E-state index is 11.7. The van der Waals surface area contributed by atoms with E-state index in [1.165, 1.54) is 16.7 Å². The molecule has 3 aromatic rings. The first-order valence-electron chi connectivity index (χ1n) is 17.2. The van der Waals surface area contributed by atoms with Crippen LogP contribution in [0.15, 0.2) is 126 Å². The molecule has 0 amide bonds. The second kappa shape index (κ2) is 19.2. The van der Waals surface area contributed by atoms with Crippen molar-refractivity contribution in [2.45, 2.75) is 77.0 Å². The van der Waals surface area contributed by atoms with Crippen molar-refractivity contribution in [3.63, 3.8) is 0 Å². The van der Waals surface area contributed by atoms with Crippen molar-refractivity contribution >= 4 is 17.9 Å². The summed E-state index contributed by atoms with van der Waals surface area (Å²) in [4.78, 5) is 35.2. The molecular weight excluding hydrogens is 600 g/mol. The van der Waals surface area contributed by atoms with Crippen LogP contribution in [0, 0.1) is 0 Å². The fourth-order valence-electron chi connectivity index (χ4n) is 6.52. The molecule has 6 rings (SSSR count). The van der Waals surface area contributed by atoms with Crippen LogP contribution < -0.4 is 0 Å². The van der Waals surface area contributed by atoms with Crippen molar-refractivity contribution in [2.24, 2.45) is 0 Å².